The molecule has 0 fully saturated rings. The van der Waals surface area contributed by atoms with Gasteiger partial charge >= 0.3 is 5.97 Å². The minimum Gasteiger partial charge on any atom is -0.467 e. The van der Waals surface area contributed by atoms with Crippen LogP contribution in [-0.2, 0) is 27.2 Å². The van der Waals surface area contributed by atoms with Gasteiger partial charge in [0.1, 0.15) is 12.1 Å². The Bertz CT molecular complexity index is 1300. The average molecular weight is 471 g/mol. The third-order valence-electron chi connectivity index (χ3n) is 5.73. The number of aromatic nitrogens is 2. The number of aromatic amines is 1. The minimum absolute atomic E-state index is 0.223. The number of H-pyrrole nitrogens is 1. The molecule has 0 spiro atoms. The highest BCUT2D eigenvalue weighted by atomic mass is 16.5. The zero-order chi connectivity index (χ0) is 24.6. The topological polar surface area (TPSA) is 113 Å². The van der Waals surface area contributed by atoms with Crippen molar-refractivity contribution in [2.45, 2.75) is 24.9 Å². The van der Waals surface area contributed by atoms with E-state index >= 15 is 0 Å². The van der Waals surface area contributed by atoms with Crippen LogP contribution in [-0.4, -0.2) is 46.9 Å². The number of hydrogen-bond donors (Lipinski definition) is 3. The molecular weight excluding hydrogens is 444 g/mol. The molecule has 2 aromatic heterocycles. The van der Waals surface area contributed by atoms with Crippen LogP contribution in [0.2, 0.25) is 0 Å². The zero-order valence-electron chi connectivity index (χ0n) is 19.2. The molecule has 0 bridgehead atoms. The van der Waals surface area contributed by atoms with E-state index in [2.05, 4.69) is 20.6 Å². The van der Waals surface area contributed by atoms with E-state index in [1.165, 1.54) is 13.3 Å². The highest BCUT2D eigenvalue weighted by molar-refractivity contribution is 5.98. The van der Waals surface area contributed by atoms with Crippen molar-refractivity contribution in [3.63, 3.8) is 0 Å². The number of hydrogen-bond acceptors (Lipinski definition) is 5. The molecule has 4 rings (SSSR count). The van der Waals surface area contributed by atoms with Gasteiger partial charge in [-0.2, -0.15) is 0 Å². The summed E-state index contributed by atoms with van der Waals surface area (Å²) in [5.74, 6) is -1.48. The molecule has 0 saturated carbocycles. The number of benzene rings is 2. The van der Waals surface area contributed by atoms with Crippen molar-refractivity contribution in [3.05, 3.63) is 102 Å². The van der Waals surface area contributed by atoms with Gasteiger partial charge in [-0.25, -0.2) is 4.79 Å². The molecule has 8 heteroatoms. The summed E-state index contributed by atoms with van der Waals surface area (Å²) in [5.41, 5.74) is 3.00. The lowest BCUT2D eigenvalue weighted by atomic mass is 10.0. The number of pyridine rings is 1. The average Bonchev–Trinajstić information content (AvgIpc) is 3.31. The highest BCUT2D eigenvalue weighted by Crippen LogP contribution is 2.19. The monoisotopic (exact) mass is 470 g/mol. The van der Waals surface area contributed by atoms with Gasteiger partial charge in [0.05, 0.1) is 12.7 Å². The van der Waals surface area contributed by atoms with Gasteiger partial charge in [0, 0.05) is 42.3 Å². The lowest BCUT2D eigenvalue weighted by Gasteiger charge is -2.22. The van der Waals surface area contributed by atoms with Crippen LogP contribution in [0.3, 0.4) is 0 Å². The Morgan fingerprint density at radius 3 is 2.43 bits per heavy atom. The molecule has 0 aliphatic heterocycles. The third kappa shape index (κ3) is 5.92. The summed E-state index contributed by atoms with van der Waals surface area (Å²) in [4.78, 5) is 46.0. The molecule has 4 aromatic rings. The van der Waals surface area contributed by atoms with E-state index in [1.807, 2.05) is 60.8 Å². The third-order valence-corrected chi connectivity index (χ3v) is 5.73. The number of nitrogens with one attached hydrogen (secondary N) is 3. The Balaban J connectivity index is 1.58. The number of rotatable bonds is 9. The van der Waals surface area contributed by atoms with Crippen LogP contribution in [0.1, 0.15) is 21.5 Å². The maximum Gasteiger partial charge on any atom is 0.328 e. The summed E-state index contributed by atoms with van der Waals surface area (Å²) in [5, 5.41) is 6.54. The smallest absolute Gasteiger partial charge is 0.328 e. The van der Waals surface area contributed by atoms with Gasteiger partial charge in [0.25, 0.3) is 5.91 Å². The van der Waals surface area contributed by atoms with Gasteiger partial charge in [0.15, 0.2) is 0 Å². The van der Waals surface area contributed by atoms with Crippen LogP contribution in [0, 0.1) is 0 Å². The largest absolute Gasteiger partial charge is 0.467 e. The first-order chi connectivity index (χ1) is 17.0. The summed E-state index contributed by atoms with van der Waals surface area (Å²) in [6.45, 7) is 0. The number of methoxy groups -OCH3 is 1. The maximum absolute atomic E-state index is 13.4. The van der Waals surface area contributed by atoms with E-state index in [0.29, 0.717) is 5.56 Å². The summed E-state index contributed by atoms with van der Waals surface area (Å²) in [7, 11) is 1.28. The molecular formula is C27H26N4O4. The molecule has 3 N–H and O–H groups in total. The van der Waals surface area contributed by atoms with Crippen LogP contribution in [0.25, 0.3) is 10.9 Å². The quantitative estimate of drug-likeness (QED) is 0.326. The van der Waals surface area contributed by atoms with Gasteiger partial charge < -0.3 is 20.4 Å². The number of amides is 2. The standard InChI is InChI=1S/C27H26N4O4/c1-35-27(34)24(14-18-8-3-2-4-9-18)31-26(33)23(30-25(32)19-10-7-13-28-16-19)15-20-17-29-22-12-6-5-11-21(20)22/h2-13,16-17,23-24,29H,14-15H2,1H3,(H,30,32)(H,31,33)/t23-,24+/m0/s1. The number of fused-ring (bicyclic) bond motifs is 1. The van der Waals surface area contributed by atoms with Crippen molar-refractivity contribution in [2.24, 2.45) is 0 Å². The number of ether oxygens (including phenoxy) is 1. The minimum atomic E-state index is -0.940. The molecule has 0 saturated heterocycles. The first-order valence-corrected chi connectivity index (χ1v) is 11.2. The molecule has 8 nitrogen and oxygen atoms in total. The van der Waals surface area contributed by atoms with Crippen LogP contribution < -0.4 is 10.6 Å². The summed E-state index contributed by atoms with van der Waals surface area (Å²) in [6, 6.07) is 18.5. The van der Waals surface area contributed by atoms with Crippen molar-refractivity contribution in [3.8, 4) is 0 Å². The summed E-state index contributed by atoms with van der Waals surface area (Å²) >= 11 is 0. The van der Waals surface area contributed by atoms with Gasteiger partial charge in [-0.1, -0.05) is 48.5 Å². The predicted octanol–water partition coefficient (Wildman–Crippen LogP) is 2.80. The van der Waals surface area contributed by atoms with E-state index in [9.17, 15) is 14.4 Å². The SMILES string of the molecule is COC(=O)[C@@H](Cc1ccccc1)NC(=O)[C@H](Cc1c[nH]c2ccccc12)NC(=O)c1cccnc1. The number of para-hydroxylation sites is 1. The molecule has 0 aliphatic rings. The molecule has 0 radical (unpaired) electrons. The van der Waals surface area contributed by atoms with E-state index in [0.717, 1.165) is 22.0 Å². The van der Waals surface area contributed by atoms with E-state index < -0.39 is 29.9 Å². The maximum atomic E-state index is 13.4. The van der Waals surface area contributed by atoms with Crippen molar-refractivity contribution < 1.29 is 19.1 Å². The Morgan fingerprint density at radius 1 is 0.914 bits per heavy atom. The second-order valence-electron chi connectivity index (χ2n) is 8.11. The van der Waals surface area contributed by atoms with Gasteiger partial charge in [-0.15, -0.1) is 0 Å². The zero-order valence-corrected chi connectivity index (χ0v) is 19.2. The van der Waals surface area contributed by atoms with Crippen LogP contribution >= 0.6 is 0 Å². The first kappa shape index (κ1) is 23.7. The molecule has 178 valence electrons. The van der Waals surface area contributed by atoms with E-state index in [4.69, 9.17) is 4.74 Å². The van der Waals surface area contributed by atoms with Crippen molar-refractivity contribution in [1.29, 1.82) is 0 Å². The Labute approximate surface area is 202 Å². The van der Waals surface area contributed by atoms with Gasteiger partial charge in [0.2, 0.25) is 5.91 Å². The molecule has 35 heavy (non-hydrogen) atoms. The second-order valence-corrected chi connectivity index (χ2v) is 8.11. The van der Waals surface area contributed by atoms with Crippen LogP contribution in [0.4, 0.5) is 0 Å². The van der Waals surface area contributed by atoms with Gasteiger partial charge in [-0.3, -0.25) is 14.6 Å². The van der Waals surface area contributed by atoms with Crippen molar-refractivity contribution >= 4 is 28.7 Å². The number of nitrogens with zero attached hydrogens (tertiary/aromatic N) is 1. The van der Waals surface area contributed by atoms with Crippen LogP contribution in [0.15, 0.2) is 85.3 Å². The van der Waals surface area contributed by atoms with Crippen LogP contribution in [0.5, 0.6) is 0 Å². The Kier molecular flexibility index (Phi) is 7.52. The second kappa shape index (κ2) is 11.1. The van der Waals surface area contributed by atoms with E-state index in [1.54, 1.807) is 18.3 Å². The molecule has 2 heterocycles. The summed E-state index contributed by atoms with van der Waals surface area (Å²) < 4.78 is 4.92. The molecule has 0 aliphatic carbocycles. The predicted molar refractivity (Wildman–Crippen MR) is 132 cm³/mol. The Hall–Kier alpha value is -4.46. The molecule has 2 atom stereocenters. The van der Waals surface area contributed by atoms with Gasteiger partial charge in [-0.05, 0) is 29.3 Å². The van der Waals surface area contributed by atoms with E-state index in [-0.39, 0.29) is 12.8 Å². The Morgan fingerprint density at radius 2 is 1.69 bits per heavy atom. The number of esters is 1. The molecule has 0 unspecified atom stereocenters. The first-order valence-electron chi connectivity index (χ1n) is 11.2. The van der Waals surface area contributed by atoms with Crippen molar-refractivity contribution in [2.75, 3.05) is 7.11 Å². The molecule has 2 amide bonds. The fraction of sp³-hybridized carbons (Fsp3) is 0.185. The fourth-order valence-electron chi connectivity index (χ4n) is 3.93. The number of carbonyl (C=O) groups is 3. The lowest BCUT2D eigenvalue weighted by molar-refractivity contribution is -0.145. The normalized spacial score (nSPS) is 12.5. The fourth-order valence-corrected chi connectivity index (χ4v) is 3.93. The molecule has 2 aromatic carbocycles. The number of carbonyl (C=O) groups excluding carboxylic acids is 3. The highest BCUT2D eigenvalue weighted by Gasteiger charge is 2.28. The summed E-state index contributed by atoms with van der Waals surface area (Å²) in [6.07, 6.45) is 5.31. The lowest BCUT2D eigenvalue weighted by Crippen LogP contribution is -2.53. The van der Waals surface area contributed by atoms with Crippen molar-refractivity contribution in [1.82, 2.24) is 20.6 Å².